The summed E-state index contributed by atoms with van der Waals surface area (Å²) in [6, 6.07) is 4.00. The lowest BCUT2D eigenvalue weighted by Gasteiger charge is -2.32. The number of amidine groups is 1. The Morgan fingerprint density at radius 3 is 2.79 bits per heavy atom. The van der Waals surface area contributed by atoms with Crippen molar-refractivity contribution in [2.24, 2.45) is 4.99 Å². The maximum Gasteiger partial charge on any atom is 0.286 e. The molecule has 1 amide bonds. The van der Waals surface area contributed by atoms with E-state index in [1.807, 2.05) is 23.6 Å². The Hall–Kier alpha value is -1.11. The molecule has 0 unspecified atom stereocenters. The highest BCUT2D eigenvalue weighted by molar-refractivity contribution is 8.18. The van der Waals surface area contributed by atoms with Crippen molar-refractivity contribution in [2.75, 3.05) is 33.2 Å². The van der Waals surface area contributed by atoms with E-state index in [0.717, 1.165) is 41.1 Å². The van der Waals surface area contributed by atoms with Gasteiger partial charge in [-0.1, -0.05) is 6.07 Å². The number of nitrogens with zero attached hydrogens (tertiary/aromatic N) is 3. The summed E-state index contributed by atoms with van der Waals surface area (Å²) in [6.07, 6.45) is 1.93. The van der Waals surface area contributed by atoms with Gasteiger partial charge >= 0.3 is 0 Å². The lowest BCUT2D eigenvalue weighted by Crippen LogP contribution is -2.46. The Kier molecular flexibility index (Phi) is 3.72. The number of likely N-dealkylation sites (N-methyl/N-ethyl adjacent to an activating group) is 1. The topological polar surface area (TPSA) is 35.9 Å². The molecule has 2 aliphatic rings. The largest absolute Gasteiger partial charge is 0.348 e. The van der Waals surface area contributed by atoms with Crippen LogP contribution in [0, 0.1) is 0 Å². The minimum Gasteiger partial charge on any atom is -0.348 e. The van der Waals surface area contributed by atoms with Crippen LogP contribution in [-0.4, -0.2) is 54.1 Å². The zero-order valence-corrected chi connectivity index (χ0v) is 12.3. The van der Waals surface area contributed by atoms with Crippen LogP contribution in [-0.2, 0) is 4.79 Å². The van der Waals surface area contributed by atoms with Gasteiger partial charge in [0, 0.05) is 31.1 Å². The van der Waals surface area contributed by atoms with Crippen molar-refractivity contribution in [1.82, 2.24) is 9.80 Å². The first-order chi connectivity index (χ1) is 9.22. The average Bonchev–Trinajstić information content (AvgIpc) is 3.02. The molecule has 4 nitrogen and oxygen atoms in total. The Bertz CT molecular complexity index is 528. The summed E-state index contributed by atoms with van der Waals surface area (Å²) in [5.41, 5.74) is 0. The zero-order chi connectivity index (χ0) is 13.2. The standard InChI is InChI=1S/C13H15N3OS2/c1-15-4-6-16(7-5-15)13-14-12(17)11(19-13)9-10-3-2-8-18-10/h2-3,8-9H,4-7H2,1H3/b11-9-. The molecule has 3 heterocycles. The minimum atomic E-state index is -0.104. The number of carbonyl (C=O) groups is 1. The van der Waals surface area contributed by atoms with E-state index in [0.29, 0.717) is 0 Å². The molecule has 1 aromatic heterocycles. The maximum atomic E-state index is 11.9. The van der Waals surface area contributed by atoms with Gasteiger partial charge in [0.15, 0.2) is 5.17 Å². The fraction of sp³-hybridized carbons (Fsp3) is 0.385. The Labute approximate surface area is 120 Å². The van der Waals surface area contributed by atoms with Gasteiger partial charge < -0.3 is 9.80 Å². The number of hydrogen-bond donors (Lipinski definition) is 0. The lowest BCUT2D eigenvalue weighted by molar-refractivity contribution is -0.113. The molecule has 0 saturated carbocycles. The van der Waals surface area contributed by atoms with Gasteiger partial charge in [-0.2, -0.15) is 4.99 Å². The maximum absolute atomic E-state index is 11.9. The SMILES string of the molecule is CN1CCN(C2=NC(=O)/C(=C/c3cccs3)S2)CC1. The van der Waals surface area contributed by atoms with Crippen LogP contribution in [0.25, 0.3) is 6.08 Å². The molecular weight excluding hydrogens is 278 g/mol. The molecule has 1 aromatic rings. The van der Waals surface area contributed by atoms with Crippen LogP contribution in [0.5, 0.6) is 0 Å². The third-order valence-corrected chi connectivity index (χ3v) is 5.06. The monoisotopic (exact) mass is 293 g/mol. The molecule has 100 valence electrons. The van der Waals surface area contributed by atoms with Gasteiger partial charge in [-0.3, -0.25) is 4.79 Å². The van der Waals surface area contributed by atoms with Crippen LogP contribution in [0.3, 0.4) is 0 Å². The molecule has 0 spiro atoms. The third-order valence-electron chi connectivity index (χ3n) is 3.20. The molecule has 1 saturated heterocycles. The van der Waals surface area contributed by atoms with E-state index in [4.69, 9.17) is 0 Å². The average molecular weight is 293 g/mol. The van der Waals surface area contributed by atoms with Crippen molar-refractivity contribution in [1.29, 1.82) is 0 Å². The van der Waals surface area contributed by atoms with Crippen molar-refractivity contribution in [3.63, 3.8) is 0 Å². The second kappa shape index (κ2) is 5.48. The first-order valence-corrected chi connectivity index (χ1v) is 7.91. The predicted octanol–water partition coefficient (Wildman–Crippen LogP) is 1.97. The van der Waals surface area contributed by atoms with E-state index in [9.17, 15) is 4.79 Å². The number of piperazine rings is 1. The first-order valence-electron chi connectivity index (χ1n) is 6.22. The zero-order valence-electron chi connectivity index (χ0n) is 10.7. The quantitative estimate of drug-likeness (QED) is 0.742. The Morgan fingerprint density at radius 1 is 1.32 bits per heavy atom. The highest BCUT2D eigenvalue weighted by atomic mass is 32.2. The molecule has 0 atom stereocenters. The van der Waals surface area contributed by atoms with Crippen molar-refractivity contribution in [3.8, 4) is 0 Å². The Balaban J connectivity index is 1.70. The summed E-state index contributed by atoms with van der Waals surface area (Å²) in [4.78, 5) is 22.4. The number of amides is 1. The van der Waals surface area contributed by atoms with Crippen molar-refractivity contribution < 1.29 is 4.79 Å². The normalized spacial score (nSPS) is 23.2. The predicted molar refractivity (Wildman–Crippen MR) is 81.4 cm³/mol. The molecule has 3 rings (SSSR count). The van der Waals surface area contributed by atoms with E-state index < -0.39 is 0 Å². The molecule has 19 heavy (non-hydrogen) atoms. The molecule has 2 aliphatic heterocycles. The van der Waals surface area contributed by atoms with Gasteiger partial charge in [-0.15, -0.1) is 11.3 Å². The van der Waals surface area contributed by atoms with Crippen LogP contribution < -0.4 is 0 Å². The summed E-state index contributed by atoms with van der Waals surface area (Å²) in [6.45, 7) is 3.94. The number of rotatable bonds is 1. The highest BCUT2D eigenvalue weighted by Crippen LogP contribution is 2.31. The fourth-order valence-corrected chi connectivity index (χ4v) is 3.72. The molecular formula is C13H15N3OS2. The van der Waals surface area contributed by atoms with Crippen LogP contribution in [0.2, 0.25) is 0 Å². The van der Waals surface area contributed by atoms with Crippen molar-refractivity contribution in [3.05, 3.63) is 27.3 Å². The lowest BCUT2D eigenvalue weighted by atomic mass is 10.3. The third kappa shape index (κ3) is 2.91. The van der Waals surface area contributed by atoms with E-state index >= 15 is 0 Å². The van der Waals surface area contributed by atoms with E-state index in [-0.39, 0.29) is 5.91 Å². The molecule has 0 radical (unpaired) electrons. The van der Waals surface area contributed by atoms with Gasteiger partial charge in [-0.25, -0.2) is 0 Å². The van der Waals surface area contributed by atoms with Gasteiger partial charge in [0.2, 0.25) is 0 Å². The van der Waals surface area contributed by atoms with Gasteiger partial charge in [-0.05, 0) is 36.3 Å². The number of carbonyl (C=O) groups excluding carboxylic acids is 1. The van der Waals surface area contributed by atoms with Crippen LogP contribution in [0.15, 0.2) is 27.4 Å². The smallest absolute Gasteiger partial charge is 0.286 e. The van der Waals surface area contributed by atoms with Crippen molar-refractivity contribution >= 4 is 40.2 Å². The summed E-state index contributed by atoms with van der Waals surface area (Å²) in [7, 11) is 2.12. The molecule has 0 bridgehead atoms. The van der Waals surface area contributed by atoms with E-state index in [1.54, 1.807) is 11.3 Å². The van der Waals surface area contributed by atoms with Crippen LogP contribution in [0.4, 0.5) is 0 Å². The fourth-order valence-electron chi connectivity index (χ4n) is 2.03. The van der Waals surface area contributed by atoms with Crippen LogP contribution >= 0.6 is 23.1 Å². The van der Waals surface area contributed by atoms with Crippen molar-refractivity contribution in [2.45, 2.75) is 0 Å². The van der Waals surface area contributed by atoms with Crippen LogP contribution in [0.1, 0.15) is 4.88 Å². The van der Waals surface area contributed by atoms with Gasteiger partial charge in [0.25, 0.3) is 5.91 Å². The summed E-state index contributed by atoms with van der Waals surface area (Å²) in [5.74, 6) is -0.104. The first kappa shape index (κ1) is 12.9. The summed E-state index contributed by atoms with van der Waals surface area (Å²) >= 11 is 3.14. The van der Waals surface area contributed by atoms with Gasteiger partial charge in [0.05, 0.1) is 4.91 Å². The molecule has 6 heteroatoms. The molecule has 0 aromatic carbocycles. The van der Waals surface area contributed by atoms with E-state index in [1.165, 1.54) is 11.8 Å². The number of hydrogen-bond acceptors (Lipinski definition) is 5. The minimum absolute atomic E-state index is 0.104. The molecule has 0 aliphatic carbocycles. The Morgan fingerprint density at radius 2 is 2.11 bits per heavy atom. The summed E-state index contributed by atoms with van der Waals surface area (Å²) in [5, 5.41) is 2.87. The number of thiophene rings is 1. The number of thioether (sulfide) groups is 1. The van der Waals surface area contributed by atoms with E-state index in [2.05, 4.69) is 21.8 Å². The second-order valence-electron chi connectivity index (χ2n) is 4.62. The molecule has 1 fully saturated rings. The highest BCUT2D eigenvalue weighted by Gasteiger charge is 2.27. The number of aliphatic imine (C=N–C) groups is 1. The second-order valence-corrected chi connectivity index (χ2v) is 6.60. The molecule has 0 N–H and O–H groups in total. The summed E-state index contributed by atoms with van der Waals surface area (Å²) < 4.78 is 0. The van der Waals surface area contributed by atoms with Gasteiger partial charge in [0.1, 0.15) is 0 Å².